The van der Waals surface area contributed by atoms with E-state index in [0.717, 1.165) is 31.8 Å². The average Bonchev–Trinajstić information content (AvgIpc) is 2.72. The Labute approximate surface area is 83.4 Å². The van der Waals surface area contributed by atoms with Crippen molar-refractivity contribution in [2.45, 2.75) is 25.5 Å². The lowest BCUT2D eigenvalue weighted by Crippen LogP contribution is -2.29. The molecule has 1 aliphatic heterocycles. The standard InChI is InChI=1S/C10H15N3O/c1-2-6-14-9(3-1)7-11-8-10-12-4-5-13-10/h2,4-6,9,11H,1,3,7-8H2,(H,12,13). The average molecular weight is 193 g/mol. The molecule has 1 unspecified atom stereocenters. The Kier molecular flexibility index (Phi) is 3.19. The summed E-state index contributed by atoms with van der Waals surface area (Å²) in [4.78, 5) is 7.17. The molecule has 1 atom stereocenters. The van der Waals surface area contributed by atoms with Crippen LogP contribution in [0.1, 0.15) is 18.7 Å². The van der Waals surface area contributed by atoms with Gasteiger partial charge in [-0.25, -0.2) is 4.98 Å². The van der Waals surface area contributed by atoms with Gasteiger partial charge >= 0.3 is 0 Å². The van der Waals surface area contributed by atoms with Crippen LogP contribution in [0.15, 0.2) is 24.7 Å². The van der Waals surface area contributed by atoms with E-state index in [2.05, 4.69) is 21.4 Å². The number of hydrogen-bond acceptors (Lipinski definition) is 3. The fraction of sp³-hybridized carbons (Fsp3) is 0.500. The summed E-state index contributed by atoms with van der Waals surface area (Å²) in [5, 5.41) is 3.30. The monoisotopic (exact) mass is 193 g/mol. The van der Waals surface area contributed by atoms with E-state index in [1.54, 1.807) is 12.5 Å². The van der Waals surface area contributed by atoms with Crippen LogP contribution in [-0.4, -0.2) is 22.6 Å². The third kappa shape index (κ3) is 2.60. The fourth-order valence-corrected chi connectivity index (χ4v) is 1.48. The molecule has 1 aromatic heterocycles. The fourth-order valence-electron chi connectivity index (χ4n) is 1.48. The lowest BCUT2D eigenvalue weighted by molar-refractivity contribution is 0.122. The first kappa shape index (κ1) is 9.27. The number of allylic oxidation sites excluding steroid dienone is 1. The Morgan fingerprint density at radius 1 is 1.64 bits per heavy atom. The second-order valence-corrected chi connectivity index (χ2v) is 3.37. The first-order valence-corrected chi connectivity index (χ1v) is 4.94. The van der Waals surface area contributed by atoms with E-state index in [1.807, 2.05) is 6.20 Å². The summed E-state index contributed by atoms with van der Waals surface area (Å²) in [5.74, 6) is 0.969. The van der Waals surface area contributed by atoms with E-state index >= 15 is 0 Å². The lowest BCUT2D eigenvalue weighted by Gasteiger charge is -2.19. The number of rotatable bonds is 4. The summed E-state index contributed by atoms with van der Waals surface area (Å²) in [6.45, 7) is 1.65. The second-order valence-electron chi connectivity index (χ2n) is 3.37. The number of H-pyrrole nitrogens is 1. The van der Waals surface area contributed by atoms with Crippen molar-refractivity contribution in [3.63, 3.8) is 0 Å². The first-order valence-electron chi connectivity index (χ1n) is 4.94. The minimum Gasteiger partial charge on any atom is -0.497 e. The Morgan fingerprint density at radius 3 is 3.36 bits per heavy atom. The van der Waals surface area contributed by atoms with Crippen molar-refractivity contribution in [3.05, 3.63) is 30.6 Å². The van der Waals surface area contributed by atoms with Crippen molar-refractivity contribution < 1.29 is 4.74 Å². The van der Waals surface area contributed by atoms with Crippen LogP contribution in [-0.2, 0) is 11.3 Å². The van der Waals surface area contributed by atoms with E-state index in [4.69, 9.17) is 4.74 Å². The van der Waals surface area contributed by atoms with Gasteiger partial charge in [0, 0.05) is 18.9 Å². The molecule has 2 rings (SSSR count). The van der Waals surface area contributed by atoms with Crippen molar-refractivity contribution >= 4 is 0 Å². The molecule has 0 amide bonds. The van der Waals surface area contributed by atoms with Gasteiger partial charge in [-0.2, -0.15) is 0 Å². The van der Waals surface area contributed by atoms with Crippen LogP contribution >= 0.6 is 0 Å². The Morgan fingerprint density at radius 2 is 2.64 bits per heavy atom. The molecule has 0 aromatic carbocycles. The van der Waals surface area contributed by atoms with Crippen molar-refractivity contribution in [2.75, 3.05) is 6.54 Å². The summed E-state index contributed by atoms with van der Waals surface area (Å²) >= 11 is 0. The number of aromatic amines is 1. The molecule has 2 heterocycles. The normalized spacial score (nSPS) is 20.7. The van der Waals surface area contributed by atoms with Crippen molar-refractivity contribution in [2.24, 2.45) is 0 Å². The Hall–Kier alpha value is -1.29. The maximum absolute atomic E-state index is 5.42. The van der Waals surface area contributed by atoms with E-state index in [1.165, 1.54) is 0 Å². The van der Waals surface area contributed by atoms with Crippen LogP contribution in [0.3, 0.4) is 0 Å². The summed E-state index contributed by atoms with van der Waals surface area (Å²) in [5.41, 5.74) is 0. The molecule has 4 nitrogen and oxygen atoms in total. The van der Waals surface area contributed by atoms with Crippen molar-refractivity contribution in [1.82, 2.24) is 15.3 Å². The van der Waals surface area contributed by atoms with Crippen LogP contribution in [0.4, 0.5) is 0 Å². The molecule has 0 aliphatic carbocycles. The smallest absolute Gasteiger partial charge is 0.120 e. The number of aromatic nitrogens is 2. The van der Waals surface area contributed by atoms with Gasteiger partial charge in [0.2, 0.25) is 0 Å². The van der Waals surface area contributed by atoms with Gasteiger partial charge in [-0.15, -0.1) is 0 Å². The highest BCUT2D eigenvalue weighted by Crippen LogP contribution is 2.08. The highest BCUT2D eigenvalue weighted by molar-refractivity contribution is 4.87. The molecule has 0 saturated carbocycles. The molecule has 14 heavy (non-hydrogen) atoms. The maximum atomic E-state index is 5.42. The lowest BCUT2D eigenvalue weighted by atomic mass is 10.1. The SMILES string of the molecule is C1=COC(CNCc2ncc[nH]2)CC1. The van der Waals surface area contributed by atoms with Gasteiger partial charge in [-0.05, 0) is 18.9 Å². The number of nitrogens with one attached hydrogen (secondary N) is 2. The molecular weight excluding hydrogens is 178 g/mol. The van der Waals surface area contributed by atoms with Gasteiger partial charge in [-0.1, -0.05) is 0 Å². The molecule has 0 spiro atoms. The highest BCUT2D eigenvalue weighted by atomic mass is 16.5. The Bertz CT molecular complexity index is 282. The largest absolute Gasteiger partial charge is 0.497 e. The van der Waals surface area contributed by atoms with E-state index in [9.17, 15) is 0 Å². The molecule has 2 N–H and O–H groups in total. The van der Waals surface area contributed by atoms with E-state index in [-0.39, 0.29) is 0 Å². The molecule has 76 valence electrons. The number of nitrogens with zero attached hydrogens (tertiary/aromatic N) is 1. The van der Waals surface area contributed by atoms with Crippen molar-refractivity contribution in [1.29, 1.82) is 0 Å². The zero-order chi connectivity index (χ0) is 9.64. The third-order valence-corrected chi connectivity index (χ3v) is 2.24. The molecular formula is C10H15N3O. The minimum atomic E-state index is 0.315. The van der Waals surface area contributed by atoms with Crippen LogP contribution in [0.2, 0.25) is 0 Å². The molecule has 1 aliphatic rings. The van der Waals surface area contributed by atoms with Crippen LogP contribution in [0.5, 0.6) is 0 Å². The van der Waals surface area contributed by atoms with E-state index < -0.39 is 0 Å². The number of imidazole rings is 1. The second kappa shape index (κ2) is 4.81. The highest BCUT2D eigenvalue weighted by Gasteiger charge is 2.09. The summed E-state index contributed by atoms with van der Waals surface area (Å²) in [7, 11) is 0. The zero-order valence-corrected chi connectivity index (χ0v) is 8.07. The predicted molar refractivity (Wildman–Crippen MR) is 53.5 cm³/mol. The van der Waals surface area contributed by atoms with E-state index in [0.29, 0.717) is 6.10 Å². The molecule has 0 radical (unpaired) electrons. The predicted octanol–water partition coefficient (Wildman–Crippen LogP) is 1.19. The van der Waals surface area contributed by atoms with Gasteiger partial charge in [-0.3, -0.25) is 0 Å². The van der Waals surface area contributed by atoms with Gasteiger partial charge in [0.25, 0.3) is 0 Å². The number of ether oxygens (including phenoxy) is 1. The topological polar surface area (TPSA) is 49.9 Å². The summed E-state index contributed by atoms with van der Waals surface area (Å²) in [6.07, 6.45) is 9.98. The van der Waals surface area contributed by atoms with Crippen molar-refractivity contribution in [3.8, 4) is 0 Å². The van der Waals surface area contributed by atoms with Gasteiger partial charge < -0.3 is 15.0 Å². The number of hydrogen-bond donors (Lipinski definition) is 2. The van der Waals surface area contributed by atoms with Gasteiger partial charge in [0.05, 0.1) is 12.8 Å². The molecule has 0 fully saturated rings. The molecule has 0 bridgehead atoms. The quantitative estimate of drug-likeness (QED) is 0.755. The maximum Gasteiger partial charge on any atom is 0.120 e. The Balaban J connectivity index is 1.65. The molecule has 1 aromatic rings. The van der Waals surface area contributed by atoms with Gasteiger partial charge in [0.15, 0.2) is 0 Å². The van der Waals surface area contributed by atoms with Crippen LogP contribution < -0.4 is 5.32 Å². The molecule has 4 heteroatoms. The summed E-state index contributed by atoms with van der Waals surface area (Å²) < 4.78 is 5.42. The molecule has 0 saturated heterocycles. The van der Waals surface area contributed by atoms with Crippen LogP contribution in [0.25, 0.3) is 0 Å². The third-order valence-electron chi connectivity index (χ3n) is 2.24. The van der Waals surface area contributed by atoms with Gasteiger partial charge in [0.1, 0.15) is 11.9 Å². The zero-order valence-electron chi connectivity index (χ0n) is 8.07. The first-order chi connectivity index (χ1) is 6.95. The minimum absolute atomic E-state index is 0.315. The van der Waals surface area contributed by atoms with Crippen LogP contribution in [0, 0.1) is 0 Å². The summed E-state index contributed by atoms with van der Waals surface area (Å²) in [6, 6.07) is 0.